The fourth-order valence-corrected chi connectivity index (χ4v) is 3.16. The summed E-state index contributed by atoms with van der Waals surface area (Å²) in [4.78, 5) is 2.00. The Hall–Kier alpha value is -0.890. The molecule has 0 amide bonds. The van der Waals surface area contributed by atoms with Crippen LogP contribution in [0, 0.1) is 0 Å². The Balaban J connectivity index is 1.74. The number of hydrogen-bond donors (Lipinski definition) is 1. The Bertz CT molecular complexity index is 437. The van der Waals surface area contributed by atoms with Crippen LogP contribution in [-0.2, 0) is 6.18 Å². The Kier molecular flexibility index (Phi) is 3.38. The van der Waals surface area contributed by atoms with E-state index in [1.807, 2.05) is 4.90 Å². The molecule has 2 heterocycles. The van der Waals surface area contributed by atoms with Gasteiger partial charge in [-0.05, 0) is 32.2 Å². The van der Waals surface area contributed by atoms with Crippen LogP contribution < -0.4 is 10.2 Å². The van der Waals surface area contributed by atoms with E-state index in [4.69, 9.17) is 0 Å². The molecular weight excluding hydrogens is 277 g/mol. The second-order valence-electron chi connectivity index (χ2n) is 5.06. The van der Waals surface area contributed by atoms with Crippen LogP contribution in [0.1, 0.15) is 30.7 Å². The minimum absolute atomic E-state index is 0.344. The molecule has 0 aromatic carbocycles. The zero-order valence-electron chi connectivity index (χ0n) is 10.3. The van der Waals surface area contributed by atoms with Crippen molar-refractivity contribution in [3.05, 3.63) is 5.01 Å². The van der Waals surface area contributed by atoms with E-state index in [1.165, 1.54) is 0 Å². The summed E-state index contributed by atoms with van der Waals surface area (Å²) in [5.74, 6) is 0. The highest BCUT2D eigenvalue weighted by Crippen LogP contribution is 2.38. The van der Waals surface area contributed by atoms with Gasteiger partial charge in [0.2, 0.25) is 10.1 Å². The molecule has 2 fully saturated rings. The third-order valence-electron chi connectivity index (χ3n) is 3.47. The van der Waals surface area contributed by atoms with Gasteiger partial charge in [0.25, 0.3) is 0 Å². The Morgan fingerprint density at radius 2 is 2.05 bits per heavy atom. The zero-order chi connectivity index (χ0) is 13.5. The standard InChI is InChI=1S/C11H15F3N4S/c12-11(13,14)9-16-17-10(19-9)18(8-3-4-8)6-7-2-1-5-15-7/h7-8,15H,1-6H2. The molecule has 4 nitrogen and oxygen atoms in total. The van der Waals surface area contributed by atoms with Crippen LogP contribution in [0.25, 0.3) is 0 Å². The lowest BCUT2D eigenvalue weighted by Crippen LogP contribution is -2.38. The van der Waals surface area contributed by atoms with Gasteiger partial charge in [-0.15, -0.1) is 10.2 Å². The molecule has 1 aliphatic carbocycles. The second kappa shape index (κ2) is 4.90. The Labute approximate surface area is 113 Å². The second-order valence-corrected chi connectivity index (χ2v) is 6.02. The highest BCUT2D eigenvalue weighted by Gasteiger charge is 2.39. The summed E-state index contributed by atoms with van der Waals surface area (Å²) >= 11 is 0.651. The molecule has 1 saturated carbocycles. The van der Waals surface area contributed by atoms with Crippen molar-refractivity contribution in [3.63, 3.8) is 0 Å². The number of hydrogen-bond acceptors (Lipinski definition) is 5. The summed E-state index contributed by atoms with van der Waals surface area (Å²) < 4.78 is 37.7. The normalized spacial score (nSPS) is 23.8. The summed E-state index contributed by atoms with van der Waals surface area (Å²) in [7, 11) is 0. The molecule has 1 unspecified atom stereocenters. The van der Waals surface area contributed by atoms with Crippen LogP contribution in [0.4, 0.5) is 18.3 Å². The zero-order valence-corrected chi connectivity index (χ0v) is 11.1. The SMILES string of the molecule is FC(F)(F)c1nnc(N(CC2CCCN2)C2CC2)s1. The number of nitrogens with zero attached hydrogens (tertiary/aromatic N) is 3. The van der Waals surface area contributed by atoms with Crippen LogP contribution in [-0.4, -0.2) is 35.4 Å². The molecule has 2 aliphatic rings. The maximum Gasteiger partial charge on any atom is 0.445 e. The first-order chi connectivity index (χ1) is 9.04. The van der Waals surface area contributed by atoms with Crippen molar-refractivity contribution in [1.29, 1.82) is 0 Å². The monoisotopic (exact) mass is 292 g/mol. The molecule has 19 heavy (non-hydrogen) atoms. The van der Waals surface area contributed by atoms with Gasteiger partial charge in [-0.2, -0.15) is 13.2 Å². The first kappa shape index (κ1) is 13.1. The number of anilines is 1. The van der Waals surface area contributed by atoms with Crippen molar-refractivity contribution in [1.82, 2.24) is 15.5 Å². The maximum atomic E-state index is 12.6. The van der Waals surface area contributed by atoms with E-state index in [2.05, 4.69) is 15.5 Å². The summed E-state index contributed by atoms with van der Waals surface area (Å²) in [5.41, 5.74) is 0. The minimum atomic E-state index is -4.39. The molecule has 8 heteroatoms. The summed E-state index contributed by atoms with van der Waals surface area (Å²) in [6.45, 7) is 1.73. The van der Waals surface area contributed by atoms with Gasteiger partial charge < -0.3 is 10.2 Å². The van der Waals surface area contributed by atoms with E-state index in [1.54, 1.807) is 0 Å². The maximum absolute atomic E-state index is 12.6. The van der Waals surface area contributed by atoms with Gasteiger partial charge in [-0.3, -0.25) is 0 Å². The lowest BCUT2D eigenvalue weighted by molar-refractivity contribution is -0.138. The number of rotatable bonds is 4. The molecule has 0 radical (unpaired) electrons. The van der Waals surface area contributed by atoms with Gasteiger partial charge in [-0.1, -0.05) is 11.3 Å². The molecule has 0 bridgehead atoms. The molecule has 1 aromatic rings. The molecule has 1 N–H and O–H groups in total. The molecular formula is C11H15F3N4S. The van der Waals surface area contributed by atoms with Gasteiger partial charge in [0, 0.05) is 18.6 Å². The number of nitrogens with one attached hydrogen (secondary N) is 1. The van der Waals surface area contributed by atoms with E-state index in [-0.39, 0.29) is 0 Å². The molecule has 1 aliphatic heterocycles. The van der Waals surface area contributed by atoms with E-state index in [0.717, 1.165) is 38.8 Å². The Morgan fingerprint density at radius 1 is 1.26 bits per heavy atom. The third-order valence-corrected chi connectivity index (χ3v) is 4.47. The smallest absolute Gasteiger partial charge is 0.342 e. The van der Waals surface area contributed by atoms with Gasteiger partial charge in [0.15, 0.2) is 0 Å². The highest BCUT2D eigenvalue weighted by atomic mass is 32.1. The van der Waals surface area contributed by atoms with Crippen molar-refractivity contribution in [2.45, 2.75) is 43.9 Å². The fourth-order valence-electron chi connectivity index (χ4n) is 2.37. The lowest BCUT2D eigenvalue weighted by atomic mass is 10.2. The van der Waals surface area contributed by atoms with Crippen LogP contribution in [0.15, 0.2) is 0 Å². The van der Waals surface area contributed by atoms with E-state index >= 15 is 0 Å². The van der Waals surface area contributed by atoms with Crippen molar-refractivity contribution in [2.24, 2.45) is 0 Å². The van der Waals surface area contributed by atoms with Crippen molar-refractivity contribution in [2.75, 3.05) is 18.0 Å². The predicted octanol–water partition coefficient (Wildman–Crippen LogP) is 2.28. The molecule has 1 atom stereocenters. The van der Waals surface area contributed by atoms with Crippen LogP contribution in [0.3, 0.4) is 0 Å². The van der Waals surface area contributed by atoms with Crippen molar-refractivity contribution >= 4 is 16.5 Å². The summed E-state index contributed by atoms with van der Waals surface area (Å²) in [6.07, 6.45) is -0.112. The first-order valence-electron chi connectivity index (χ1n) is 6.45. The van der Waals surface area contributed by atoms with Crippen LogP contribution in [0.5, 0.6) is 0 Å². The summed E-state index contributed by atoms with van der Waals surface area (Å²) in [6, 6.07) is 0.704. The topological polar surface area (TPSA) is 41.1 Å². The molecule has 3 rings (SSSR count). The van der Waals surface area contributed by atoms with Crippen LogP contribution >= 0.6 is 11.3 Å². The van der Waals surface area contributed by atoms with Gasteiger partial charge >= 0.3 is 6.18 Å². The largest absolute Gasteiger partial charge is 0.445 e. The highest BCUT2D eigenvalue weighted by molar-refractivity contribution is 7.15. The number of halogens is 3. The van der Waals surface area contributed by atoms with E-state index < -0.39 is 11.2 Å². The minimum Gasteiger partial charge on any atom is -0.342 e. The average Bonchev–Trinajstić information content (AvgIpc) is 2.87. The lowest BCUT2D eigenvalue weighted by Gasteiger charge is -2.24. The molecule has 0 spiro atoms. The van der Waals surface area contributed by atoms with Gasteiger partial charge in [0.1, 0.15) is 0 Å². The average molecular weight is 292 g/mol. The summed E-state index contributed by atoms with van der Waals surface area (Å²) in [5, 5.41) is 9.93. The predicted molar refractivity (Wildman–Crippen MR) is 66.3 cm³/mol. The van der Waals surface area contributed by atoms with E-state index in [9.17, 15) is 13.2 Å². The quantitative estimate of drug-likeness (QED) is 0.924. The molecule has 106 valence electrons. The van der Waals surface area contributed by atoms with Crippen molar-refractivity contribution < 1.29 is 13.2 Å². The van der Waals surface area contributed by atoms with Gasteiger partial charge in [0.05, 0.1) is 0 Å². The number of alkyl halides is 3. The van der Waals surface area contributed by atoms with Gasteiger partial charge in [-0.25, -0.2) is 0 Å². The van der Waals surface area contributed by atoms with E-state index in [0.29, 0.717) is 28.6 Å². The number of aromatic nitrogens is 2. The first-order valence-corrected chi connectivity index (χ1v) is 7.26. The molecule has 1 saturated heterocycles. The molecule has 1 aromatic heterocycles. The van der Waals surface area contributed by atoms with Crippen molar-refractivity contribution in [3.8, 4) is 0 Å². The van der Waals surface area contributed by atoms with Crippen LogP contribution in [0.2, 0.25) is 0 Å². The fraction of sp³-hybridized carbons (Fsp3) is 0.818. The third kappa shape index (κ3) is 3.00. The Morgan fingerprint density at radius 3 is 2.58 bits per heavy atom.